The lowest BCUT2D eigenvalue weighted by molar-refractivity contribution is 0.616. The van der Waals surface area contributed by atoms with Gasteiger partial charge in [-0.15, -0.1) is 5.10 Å². The number of benzene rings is 1. The van der Waals surface area contributed by atoms with E-state index in [0.29, 0.717) is 23.4 Å². The van der Waals surface area contributed by atoms with Crippen molar-refractivity contribution >= 4 is 5.65 Å². The lowest BCUT2D eigenvalue weighted by atomic mass is 10.0. The smallest absolute Gasteiger partial charge is 0.327 e. The number of hydrogen-bond donors (Lipinski definition) is 2. The predicted octanol–water partition coefficient (Wildman–Crippen LogP) is 1.76. The Balaban J connectivity index is 1.75. The summed E-state index contributed by atoms with van der Waals surface area (Å²) < 4.78 is 15.4. The monoisotopic (exact) mass is 365 g/mol. The first-order chi connectivity index (χ1) is 13.2. The van der Waals surface area contributed by atoms with Gasteiger partial charge in [0.1, 0.15) is 6.33 Å². The molecule has 27 heavy (non-hydrogen) atoms. The molecule has 0 fully saturated rings. The zero-order valence-electron chi connectivity index (χ0n) is 14.2. The zero-order chi connectivity index (χ0) is 18.8. The molecule has 0 aliphatic carbocycles. The van der Waals surface area contributed by atoms with Gasteiger partial charge in [-0.2, -0.15) is 5.10 Å². The van der Waals surface area contributed by atoms with Gasteiger partial charge in [-0.25, -0.2) is 23.3 Å². The van der Waals surface area contributed by atoms with Crippen molar-refractivity contribution in [1.82, 2.24) is 29.4 Å². The SMILES string of the molecule is NC/C(=C\F)Cn1nc2ccc(-c3cccc(-c4ncn[nH]4)c3)cn2c1=O. The third-order valence-electron chi connectivity index (χ3n) is 4.23. The summed E-state index contributed by atoms with van der Waals surface area (Å²) in [5, 5.41) is 10.9. The molecule has 0 aliphatic rings. The van der Waals surface area contributed by atoms with Crippen molar-refractivity contribution in [1.29, 1.82) is 0 Å². The molecule has 0 bridgehead atoms. The summed E-state index contributed by atoms with van der Waals surface area (Å²) in [5.74, 6) is 0.662. The van der Waals surface area contributed by atoms with Crippen molar-refractivity contribution < 1.29 is 4.39 Å². The first-order valence-corrected chi connectivity index (χ1v) is 8.23. The zero-order valence-corrected chi connectivity index (χ0v) is 14.2. The maximum absolute atomic E-state index is 12.8. The van der Waals surface area contributed by atoms with Gasteiger partial charge in [0.25, 0.3) is 0 Å². The van der Waals surface area contributed by atoms with Crippen LogP contribution < -0.4 is 11.4 Å². The largest absolute Gasteiger partial charge is 0.350 e. The Labute approximate surface area is 152 Å². The Morgan fingerprint density at radius 3 is 2.81 bits per heavy atom. The molecule has 3 aromatic heterocycles. The number of nitrogens with zero attached hydrogens (tertiary/aromatic N) is 5. The second-order valence-electron chi connectivity index (χ2n) is 5.97. The quantitative estimate of drug-likeness (QED) is 0.560. The maximum atomic E-state index is 12.8. The van der Waals surface area contributed by atoms with Gasteiger partial charge in [0.05, 0.1) is 12.9 Å². The molecule has 4 aromatic rings. The molecule has 4 rings (SSSR count). The fraction of sp³-hybridized carbons (Fsp3) is 0.111. The molecule has 3 heterocycles. The van der Waals surface area contributed by atoms with Crippen molar-refractivity contribution in [3.8, 4) is 22.5 Å². The van der Waals surface area contributed by atoms with Crippen LogP contribution in [0.1, 0.15) is 0 Å². The minimum atomic E-state index is -0.356. The summed E-state index contributed by atoms with van der Waals surface area (Å²) in [5.41, 5.74) is 8.51. The van der Waals surface area contributed by atoms with Crippen LogP contribution in [0.4, 0.5) is 4.39 Å². The highest BCUT2D eigenvalue weighted by Gasteiger charge is 2.10. The first kappa shape index (κ1) is 16.9. The van der Waals surface area contributed by atoms with Crippen LogP contribution in [-0.4, -0.2) is 35.9 Å². The molecule has 0 spiro atoms. The van der Waals surface area contributed by atoms with E-state index in [9.17, 15) is 9.18 Å². The van der Waals surface area contributed by atoms with Crippen LogP contribution in [0.25, 0.3) is 28.2 Å². The van der Waals surface area contributed by atoms with E-state index in [1.807, 2.05) is 30.3 Å². The fourth-order valence-corrected chi connectivity index (χ4v) is 2.82. The second kappa shape index (κ2) is 6.96. The molecule has 1 aromatic carbocycles. The van der Waals surface area contributed by atoms with E-state index in [2.05, 4.69) is 20.3 Å². The summed E-state index contributed by atoms with van der Waals surface area (Å²) in [7, 11) is 0. The number of aromatic nitrogens is 6. The standard InChI is InChI=1S/C18H16FN7O/c19-7-12(8-20)9-26-18(27)25-10-15(4-5-16(25)24-26)13-2-1-3-14(6-13)17-21-11-22-23-17/h1-7,10-11H,8-9,20H2,(H,21,22,23)/b12-7+. The van der Waals surface area contributed by atoms with Crippen LogP contribution in [-0.2, 0) is 6.54 Å². The van der Waals surface area contributed by atoms with Gasteiger partial charge in [0.15, 0.2) is 11.5 Å². The summed E-state index contributed by atoms with van der Waals surface area (Å²) >= 11 is 0. The number of hydrogen-bond acceptors (Lipinski definition) is 5. The van der Waals surface area contributed by atoms with E-state index >= 15 is 0 Å². The number of nitrogens with one attached hydrogen (secondary N) is 1. The number of rotatable bonds is 5. The average molecular weight is 365 g/mol. The summed E-state index contributed by atoms with van der Waals surface area (Å²) in [6.07, 6.45) is 3.57. The molecule has 0 aliphatic heterocycles. The van der Waals surface area contributed by atoms with Crippen LogP contribution in [0.3, 0.4) is 0 Å². The van der Waals surface area contributed by atoms with Gasteiger partial charge in [-0.1, -0.05) is 18.2 Å². The van der Waals surface area contributed by atoms with Crippen molar-refractivity contribution in [3.63, 3.8) is 0 Å². The van der Waals surface area contributed by atoms with E-state index in [4.69, 9.17) is 5.73 Å². The van der Waals surface area contributed by atoms with Gasteiger partial charge in [0, 0.05) is 18.3 Å². The van der Waals surface area contributed by atoms with Crippen LogP contribution in [0, 0.1) is 0 Å². The minimum Gasteiger partial charge on any atom is -0.327 e. The van der Waals surface area contributed by atoms with E-state index in [0.717, 1.165) is 16.7 Å². The van der Waals surface area contributed by atoms with Crippen LogP contribution in [0.2, 0.25) is 0 Å². The van der Waals surface area contributed by atoms with Crippen LogP contribution in [0.15, 0.2) is 65.6 Å². The normalized spacial score (nSPS) is 12.0. The highest BCUT2D eigenvalue weighted by atomic mass is 19.1. The number of nitrogens with two attached hydrogens (primary N) is 1. The Morgan fingerprint density at radius 2 is 2.07 bits per heavy atom. The molecule has 136 valence electrons. The molecule has 0 amide bonds. The topological polar surface area (TPSA) is 107 Å². The molecule has 0 saturated carbocycles. The molecule has 0 saturated heterocycles. The predicted molar refractivity (Wildman–Crippen MR) is 98.5 cm³/mol. The van der Waals surface area contributed by atoms with Crippen LogP contribution >= 0.6 is 0 Å². The average Bonchev–Trinajstić information content (AvgIpc) is 3.35. The van der Waals surface area contributed by atoms with E-state index in [1.54, 1.807) is 12.3 Å². The molecule has 3 N–H and O–H groups in total. The molecule has 0 atom stereocenters. The summed E-state index contributed by atoms with van der Waals surface area (Å²) in [6.45, 7) is 0.0420. The third kappa shape index (κ3) is 3.15. The molecule has 0 unspecified atom stereocenters. The van der Waals surface area contributed by atoms with Crippen molar-refractivity contribution in [2.24, 2.45) is 5.73 Å². The lowest BCUT2D eigenvalue weighted by Gasteiger charge is -2.04. The molecular weight excluding hydrogens is 349 g/mol. The van der Waals surface area contributed by atoms with Gasteiger partial charge in [0.2, 0.25) is 0 Å². The Morgan fingerprint density at radius 1 is 1.22 bits per heavy atom. The van der Waals surface area contributed by atoms with Crippen LogP contribution in [0.5, 0.6) is 0 Å². The van der Waals surface area contributed by atoms with Crippen molar-refractivity contribution in [2.45, 2.75) is 6.54 Å². The first-order valence-electron chi connectivity index (χ1n) is 8.23. The number of pyridine rings is 1. The maximum Gasteiger partial charge on any atom is 0.350 e. The number of aromatic amines is 1. The number of halogens is 1. The van der Waals surface area contributed by atoms with E-state index < -0.39 is 0 Å². The minimum absolute atomic E-state index is 0.0177. The summed E-state index contributed by atoms with van der Waals surface area (Å²) in [6, 6.07) is 11.3. The highest BCUT2D eigenvalue weighted by Crippen LogP contribution is 2.24. The van der Waals surface area contributed by atoms with Gasteiger partial charge in [-0.3, -0.25) is 5.10 Å². The Hall–Kier alpha value is -3.59. The van der Waals surface area contributed by atoms with Gasteiger partial charge >= 0.3 is 5.69 Å². The van der Waals surface area contributed by atoms with E-state index in [-0.39, 0.29) is 18.8 Å². The van der Waals surface area contributed by atoms with Gasteiger partial charge < -0.3 is 5.73 Å². The fourth-order valence-electron chi connectivity index (χ4n) is 2.82. The molecule has 9 heteroatoms. The second-order valence-corrected chi connectivity index (χ2v) is 5.97. The molecule has 0 radical (unpaired) electrons. The molecular formula is C18H16FN7O. The highest BCUT2D eigenvalue weighted by molar-refractivity contribution is 5.70. The summed E-state index contributed by atoms with van der Waals surface area (Å²) in [4.78, 5) is 16.7. The van der Waals surface area contributed by atoms with E-state index in [1.165, 1.54) is 15.4 Å². The van der Waals surface area contributed by atoms with Crippen molar-refractivity contribution in [2.75, 3.05) is 6.54 Å². The Kier molecular flexibility index (Phi) is 4.35. The number of fused-ring (bicyclic) bond motifs is 1. The molecule has 8 nitrogen and oxygen atoms in total. The lowest BCUT2D eigenvalue weighted by Crippen LogP contribution is -2.23. The Bertz CT molecular complexity index is 1170. The van der Waals surface area contributed by atoms with Gasteiger partial charge in [-0.05, 0) is 34.9 Å². The van der Waals surface area contributed by atoms with Crippen molar-refractivity contribution in [3.05, 3.63) is 71.3 Å². The number of H-pyrrole nitrogens is 1. The third-order valence-corrected chi connectivity index (χ3v) is 4.23.